The van der Waals surface area contributed by atoms with Gasteiger partial charge in [-0.05, 0) is 37.2 Å². The molecule has 0 spiro atoms. The van der Waals surface area contributed by atoms with Crippen molar-refractivity contribution in [2.45, 2.75) is 50.4 Å². The van der Waals surface area contributed by atoms with Crippen molar-refractivity contribution in [3.63, 3.8) is 0 Å². The molecule has 1 aliphatic rings. The fourth-order valence-electron chi connectivity index (χ4n) is 3.60. The lowest BCUT2D eigenvalue weighted by Gasteiger charge is -2.41. The van der Waals surface area contributed by atoms with Gasteiger partial charge in [-0.25, -0.2) is 0 Å². The summed E-state index contributed by atoms with van der Waals surface area (Å²) in [4.78, 5) is 22.5. The number of carboxylic acids is 1. The first kappa shape index (κ1) is 14.8. The van der Waals surface area contributed by atoms with Crippen molar-refractivity contribution in [1.29, 1.82) is 0 Å². The molecule has 2 unspecified atom stereocenters. The number of carbonyl (C=O) groups is 2. The Bertz CT molecular complexity index is 455. The monoisotopic (exact) mass is 274 g/mol. The van der Waals surface area contributed by atoms with Crippen LogP contribution in [-0.4, -0.2) is 17.4 Å². The number of aliphatic carboxylic acids is 1. The molecule has 1 saturated carbocycles. The number of hydrogen-bond acceptors (Lipinski definition) is 2. The summed E-state index contributed by atoms with van der Waals surface area (Å²) in [6.45, 7) is 0. The van der Waals surface area contributed by atoms with E-state index in [2.05, 4.69) is 0 Å². The molecule has 0 aliphatic heterocycles. The molecule has 2 atom stereocenters. The van der Waals surface area contributed by atoms with Crippen LogP contribution >= 0.6 is 0 Å². The van der Waals surface area contributed by atoms with Crippen molar-refractivity contribution in [2.24, 2.45) is 5.92 Å². The van der Waals surface area contributed by atoms with Crippen LogP contribution in [0.4, 0.5) is 0 Å². The van der Waals surface area contributed by atoms with Gasteiger partial charge in [0.2, 0.25) is 0 Å². The predicted octanol–water partition coefficient (Wildman–Crippen LogP) is 3.57. The van der Waals surface area contributed by atoms with Crippen LogP contribution in [0.5, 0.6) is 0 Å². The van der Waals surface area contributed by atoms with E-state index < -0.39 is 11.4 Å². The number of hydrogen-bond donors (Lipinski definition) is 1. The summed E-state index contributed by atoms with van der Waals surface area (Å²) in [5.74, 6) is -0.574. The van der Waals surface area contributed by atoms with Crippen molar-refractivity contribution >= 4 is 12.3 Å². The highest BCUT2D eigenvalue weighted by Crippen LogP contribution is 2.46. The highest BCUT2D eigenvalue weighted by Gasteiger charge is 2.47. The standard InChI is InChI=1S/C17H22O3/c18-13-7-5-11-15-10-4-6-12-17(15,16(19)20)14-8-2-1-3-9-14/h1-3,8-9,13,15H,4-7,10-12H2,(H,19,20). The third-order valence-corrected chi connectivity index (χ3v) is 4.62. The molecule has 108 valence electrons. The maximum absolute atomic E-state index is 12.1. The molecule has 2 rings (SSSR count). The van der Waals surface area contributed by atoms with Gasteiger partial charge in [0.15, 0.2) is 0 Å². The van der Waals surface area contributed by atoms with E-state index in [0.29, 0.717) is 12.8 Å². The van der Waals surface area contributed by atoms with Gasteiger partial charge >= 0.3 is 5.97 Å². The fourth-order valence-corrected chi connectivity index (χ4v) is 3.60. The Labute approximate surface area is 120 Å². The second-order valence-electron chi connectivity index (χ2n) is 5.68. The molecule has 1 aliphatic carbocycles. The zero-order valence-corrected chi connectivity index (χ0v) is 11.8. The van der Waals surface area contributed by atoms with Crippen LogP contribution in [0.1, 0.15) is 50.5 Å². The number of benzene rings is 1. The zero-order valence-electron chi connectivity index (χ0n) is 11.8. The van der Waals surface area contributed by atoms with Gasteiger partial charge in [-0.15, -0.1) is 0 Å². The van der Waals surface area contributed by atoms with Crippen LogP contribution in [0.2, 0.25) is 0 Å². The Balaban J connectivity index is 2.31. The highest BCUT2D eigenvalue weighted by molar-refractivity contribution is 5.82. The topological polar surface area (TPSA) is 54.4 Å². The SMILES string of the molecule is O=CCCCC1CCCCC1(C(=O)O)c1ccccc1. The van der Waals surface area contributed by atoms with Gasteiger partial charge in [0, 0.05) is 6.42 Å². The van der Waals surface area contributed by atoms with E-state index >= 15 is 0 Å². The molecule has 0 saturated heterocycles. The van der Waals surface area contributed by atoms with Crippen LogP contribution in [0, 0.1) is 5.92 Å². The Morgan fingerprint density at radius 1 is 1.30 bits per heavy atom. The van der Waals surface area contributed by atoms with Crippen molar-refractivity contribution in [2.75, 3.05) is 0 Å². The maximum atomic E-state index is 12.1. The fraction of sp³-hybridized carbons (Fsp3) is 0.529. The van der Waals surface area contributed by atoms with Gasteiger partial charge < -0.3 is 9.90 Å². The van der Waals surface area contributed by atoms with Gasteiger partial charge in [-0.3, -0.25) is 4.79 Å². The zero-order chi connectivity index (χ0) is 14.4. The van der Waals surface area contributed by atoms with E-state index in [1.807, 2.05) is 30.3 Å². The minimum absolute atomic E-state index is 0.135. The minimum atomic E-state index is -0.762. The normalized spacial score (nSPS) is 26.1. The van der Waals surface area contributed by atoms with E-state index in [-0.39, 0.29) is 5.92 Å². The largest absolute Gasteiger partial charge is 0.481 e. The average molecular weight is 274 g/mol. The van der Waals surface area contributed by atoms with E-state index in [1.165, 1.54) is 0 Å². The Kier molecular flexibility index (Phi) is 4.94. The molecule has 1 N–H and O–H groups in total. The lowest BCUT2D eigenvalue weighted by molar-refractivity contribution is -0.148. The second kappa shape index (κ2) is 6.69. The van der Waals surface area contributed by atoms with Crippen LogP contribution in [0.25, 0.3) is 0 Å². The number of aldehydes is 1. The Hall–Kier alpha value is -1.64. The molecule has 3 nitrogen and oxygen atoms in total. The Morgan fingerprint density at radius 3 is 2.70 bits per heavy atom. The first-order chi connectivity index (χ1) is 9.71. The van der Waals surface area contributed by atoms with Crippen molar-refractivity contribution in [3.8, 4) is 0 Å². The number of carboxylic acid groups (broad SMARTS) is 1. The summed E-state index contributed by atoms with van der Waals surface area (Å²) in [6.07, 6.45) is 6.77. The summed E-state index contributed by atoms with van der Waals surface area (Å²) in [7, 11) is 0. The molecule has 3 heteroatoms. The molecule has 1 aromatic carbocycles. The summed E-state index contributed by atoms with van der Waals surface area (Å²) in [6, 6.07) is 9.62. The van der Waals surface area contributed by atoms with Gasteiger partial charge in [-0.1, -0.05) is 43.2 Å². The van der Waals surface area contributed by atoms with Crippen LogP contribution < -0.4 is 0 Å². The molecule has 0 heterocycles. The summed E-state index contributed by atoms with van der Waals surface area (Å²) in [5.41, 5.74) is 0.158. The molecule has 0 amide bonds. The van der Waals surface area contributed by atoms with Crippen LogP contribution in [-0.2, 0) is 15.0 Å². The first-order valence-electron chi connectivity index (χ1n) is 7.44. The molecule has 0 radical (unpaired) electrons. The average Bonchev–Trinajstić information content (AvgIpc) is 2.48. The van der Waals surface area contributed by atoms with Crippen molar-refractivity contribution < 1.29 is 14.7 Å². The maximum Gasteiger partial charge on any atom is 0.314 e. The van der Waals surface area contributed by atoms with E-state index in [1.54, 1.807) is 0 Å². The van der Waals surface area contributed by atoms with E-state index in [9.17, 15) is 14.7 Å². The lowest BCUT2D eigenvalue weighted by Crippen LogP contribution is -2.45. The second-order valence-corrected chi connectivity index (χ2v) is 5.68. The van der Waals surface area contributed by atoms with E-state index in [4.69, 9.17) is 0 Å². The smallest absolute Gasteiger partial charge is 0.314 e. The first-order valence-corrected chi connectivity index (χ1v) is 7.44. The molecule has 0 bridgehead atoms. The lowest BCUT2D eigenvalue weighted by atomic mass is 9.61. The summed E-state index contributed by atoms with van der Waals surface area (Å²) in [5, 5.41) is 9.90. The molecular formula is C17H22O3. The van der Waals surface area contributed by atoms with Gasteiger partial charge in [0.25, 0.3) is 0 Å². The third-order valence-electron chi connectivity index (χ3n) is 4.62. The predicted molar refractivity (Wildman–Crippen MR) is 77.6 cm³/mol. The van der Waals surface area contributed by atoms with Crippen LogP contribution in [0.15, 0.2) is 30.3 Å². The molecule has 20 heavy (non-hydrogen) atoms. The van der Waals surface area contributed by atoms with Gasteiger partial charge in [0.1, 0.15) is 6.29 Å². The number of rotatable bonds is 6. The van der Waals surface area contributed by atoms with Crippen molar-refractivity contribution in [1.82, 2.24) is 0 Å². The van der Waals surface area contributed by atoms with Gasteiger partial charge in [0.05, 0.1) is 5.41 Å². The minimum Gasteiger partial charge on any atom is -0.481 e. The molecule has 1 fully saturated rings. The molecular weight excluding hydrogens is 252 g/mol. The van der Waals surface area contributed by atoms with E-state index in [0.717, 1.165) is 44.0 Å². The number of carbonyl (C=O) groups excluding carboxylic acids is 1. The number of unbranched alkanes of at least 4 members (excludes halogenated alkanes) is 1. The third kappa shape index (κ3) is 2.77. The quantitative estimate of drug-likeness (QED) is 0.637. The molecule has 1 aromatic rings. The van der Waals surface area contributed by atoms with Crippen molar-refractivity contribution in [3.05, 3.63) is 35.9 Å². The van der Waals surface area contributed by atoms with Gasteiger partial charge in [-0.2, -0.15) is 0 Å². The molecule has 0 aromatic heterocycles. The summed E-state index contributed by atoms with van der Waals surface area (Å²) >= 11 is 0. The highest BCUT2D eigenvalue weighted by atomic mass is 16.4. The summed E-state index contributed by atoms with van der Waals surface area (Å²) < 4.78 is 0. The van der Waals surface area contributed by atoms with Crippen LogP contribution in [0.3, 0.4) is 0 Å². The Morgan fingerprint density at radius 2 is 2.05 bits per heavy atom.